The molecule has 7 heteroatoms. The first kappa shape index (κ1) is 19.5. The van der Waals surface area contributed by atoms with Crippen molar-refractivity contribution in [3.63, 3.8) is 0 Å². The van der Waals surface area contributed by atoms with Gasteiger partial charge in [0.2, 0.25) is 5.91 Å². The summed E-state index contributed by atoms with van der Waals surface area (Å²) in [5, 5.41) is 6.05. The number of nitrogens with one attached hydrogen (secondary N) is 2. The molecule has 0 aliphatic carbocycles. The molecule has 2 rings (SSSR count). The van der Waals surface area contributed by atoms with Crippen LogP contribution in [0.15, 0.2) is 22.8 Å². The maximum Gasteiger partial charge on any atom is 0.287 e. The minimum Gasteiger partial charge on any atom is -0.459 e. The summed E-state index contributed by atoms with van der Waals surface area (Å²) >= 11 is 0. The van der Waals surface area contributed by atoms with Gasteiger partial charge in [-0.3, -0.25) is 9.59 Å². The van der Waals surface area contributed by atoms with E-state index in [1.807, 2.05) is 25.8 Å². The van der Waals surface area contributed by atoms with Gasteiger partial charge in [-0.2, -0.15) is 0 Å². The summed E-state index contributed by atoms with van der Waals surface area (Å²) < 4.78 is 5.08. The van der Waals surface area contributed by atoms with Crippen molar-refractivity contribution in [1.29, 1.82) is 0 Å². The largest absolute Gasteiger partial charge is 0.459 e. The van der Waals surface area contributed by atoms with Crippen LogP contribution in [0.3, 0.4) is 0 Å². The summed E-state index contributed by atoms with van der Waals surface area (Å²) in [6.45, 7) is 5.32. The number of amides is 2. The molecule has 1 fully saturated rings. The lowest BCUT2D eigenvalue weighted by molar-refractivity contribution is -0.135. The van der Waals surface area contributed by atoms with Gasteiger partial charge in [-0.15, -0.1) is 12.4 Å². The molecule has 1 aliphatic heterocycles. The normalized spacial score (nSPS) is 16.8. The number of carbonyl (C=O) groups excluding carboxylic acids is 2. The third kappa shape index (κ3) is 4.97. The van der Waals surface area contributed by atoms with E-state index in [1.165, 1.54) is 6.26 Å². The van der Waals surface area contributed by atoms with Crippen LogP contribution in [-0.4, -0.2) is 48.9 Å². The van der Waals surface area contributed by atoms with E-state index < -0.39 is 6.04 Å². The highest BCUT2D eigenvalue weighted by molar-refractivity contribution is 5.95. The summed E-state index contributed by atoms with van der Waals surface area (Å²) in [5.74, 6) is -0.104. The van der Waals surface area contributed by atoms with Gasteiger partial charge < -0.3 is 20.0 Å². The average Bonchev–Trinajstić information content (AvgIpc) is 3.06. The van der Waals surface area contributed by atoms with Crippen LogP contribution in [0.5, 0.6) is 0 Å². The van der Waals surface area contributed by atoms with Crippen molar-refractivity contribution in [1.82, 2.24) is 15.5 Å². The molecule has 130 valence electrons. The Balaban J connectivity index is 0.00000264. The van der Waals surface area contributed by atoms with Gasteiger partial charge in [-0.05, 0) is 37.9 Å². The van der Waals surface area contributed by atoms with Crippen molar-refractivity contribution >= 4 is 24.2 Å². The van der Waals surface area contributed by atoms with Gasteiger partial charge in [-0.1, -0.05) is 13.8 Å². The third-order valence-electron chi connectivity index (χ3n) is 4.18. The topological polar surface area (TPSA) is 74.6 Å². The molecule has 2 heterocycles. The van der Waals surface area contributed by atoms with Crippen molar-refractivity contribution in [2.75, 3.05) is 20.1 Å². The Bertz CT molecular complexity index is 497. The molecule has 6 nitrogen and oxygen atoms in total. The summed E-state index contributed by atoms with van der Waals surface area (Å²) in [6, 6.07) is 3.20. The van der Waals surface area contributed by atoms with Crippen molar-refractivity contribution in [2.45, 2.75) is 38.8 Å². The minimum atomic E-state index is -0.524. The van der Waals surface area contributed by atoms with E-state index in [4.69, 9.17) is 4.42 Å². The molecule has 1 saturated heterocycles. The number of piperidine rings is 1. The van der Waals surface area contributed by atoms with Crippen molar-refractivity contribution in [2.24, 2.45) is 5.92 Å². The monoisotopic (exact) mass is 343 g/mol. The summed E-state index contributed by atoms with van der Waals surface area (Å²) in [4.78, 5) is 26.7. The Morgan fingerprint density at radius 3 is 2.43 bits per heavy atom. The highest BCUT2D eigenvalue weighted by Gasteiger charge is 2.31. The molecular weight excluding hydrogens is 318 g/mol. The Morgan fingerprint density at radius 1 is 1.30 bits per heavy atom. The molecule has 1 atom stereocenters. The zero-order chi connectivity index (χ0) is 16.1. The number of nitrogens with zero attached hydrogens (tertiary/aromatic N) is 1. The first-order chi connectivity index (χ1) is 10.5. The lowest BCUT2D eigenvalue weighted by Crippen LogP contribution is -2.54. The molecule has 1 unspecified atom stereocenters. The van der Waals surface area contributed by atoms with Gasteiger partial charge in [0.05, 0.1) is 6.26 Å². The number of likely N-dealkylation sites (tertiary alicyclic amines) is 1. The molecule has 0 bridgehead atoms. The summed E-state index contributed by atoms with van der Waals surface area (Å²) in [5.41, 5.74) is 0. The van der Waals surface area contributed by atoms with Crippen LogP contribution < -0.4 is 10.6 Å². The van der Waals surface area contributed by atoms with E-state index in [2.05, 4.69) is 10.6 Å². The van der Waals surface area contributed by atoms with Gasteiger partial charge in [-0.25, -0.2) is 0 Å². The second kappa shape index (κ2) is 8.93. The van der Waals surface area contributed by atoms with E-state index in [0.717, 1.165) is 25.9 Å². The van der Waals surface area contributed by atoms with E-state index in [9.17, 15) is 9.59 Å². The number of furan rings is 1. The number of hydrogen-bond donors (Lipinski definition) is 2. The predicted molar refractivity (Wildman–Crippen MR) is 90.7 cm³/mol. The van der Waals surface area contributed by atoms with E-state index >= 15 is 0 Å². The first-order valence-electron chi connectivity index (χ1n) is 7.83. The number of halogens is 1. The molecular formula is C16H26ClN3O3. The zero-order valence-electron chi connectivity index (χ0n) is 13.9. The van der Waals surface area contributed by atoms with Crippen LogP contribution >= 0.6 is 12.4 Å². The molecule has 0 saturated carbocycles. The molecule has 23 heavy (non-hydrogen) atoms. The molecule has 0 radical (unpaired) electrons. The number of carbonyl (C=O) groups is 2. The highest BCUT2D eigenvalue weighted by Crippen LogP contribution is 2.14. The Hall–Kier alpha value is -1.53. The van der Waals surface area contributed by atoms with Crippen molar-refractivity contribution in [3.8, 4) is 0 Å². The minimum absolute atomic E-state index is 0. The van der Waals surface area contributed by atoms with Crippen LogP contribution in [0.1, 0.15) is 37.2 Å². The van der Waals surface area contributed by atoms with Gasteiger partial charge in [0.25, 0.3) is 5.91 Å². The van der Waals surface area contributed by atoms with Crippen LogP contribution in [0.2, 0.25) is 0 Å². The van der Waals surface area contributed by atoms with Crippen molar-refractivity contribution in [3.05, 3.63) is 24.2 Å². The first-order valence-corrected chi connectivity index (χ1v) is 7.83. The molecule has 1 aromatic rings. The lowest BCUT2D eigenvalue weighted by atomic mass is 9.99. The highest BCUT2D eigenvalue weighted by atomic mass is 35.5. The fraction of sp³-hybridized carbons (Fsp3) is 0.625. The van der Waals surface area contributed by atoms with Gasteiger partial charge in [0.15, 0.2) is 5.76 Å². The fourth-order valence-corrected chi connectivity index (χ4v) is 2.72. The Kier molecular flexibility index (Phi) is 7.58. The molecule has 1 aliphatic rings. The number of rotatable bonds is 5. The van der Waals surface area contributed by atoms with Gasteiger partial charge in [0.1, 0.15) is 6.04 Å². The molecule has 0 aromatic carbocycles. The molecule has 2 N–H and O–H groups in total. The fourth-order valence-electron chi connectivity index (χ4n) is 2.72. The van der Waals surface area contributed by atoms with E-state index in [0.29, 0.717) is 6.04 Å². The van der Waals surface area contributed by atoms with Crippen LogP contribution in [0.4, 0.5) is 0 Å². The molecule has 1 aromatic heterocycles. The summed E-state index contributed by atoms with van der Waals surface area (Å²) in [7, 11) is 1.95. The Labute approximate surface area is 143 Å². The van der Waals surface area contributed by atoms with E-state index in [1.54, 1.807) is 12.1 Å². The maximum absolute atomic E-state index is 12.7. The van der Waals surface area contributed by atoms with Crippen molar-refractivity contribution < 1.29 is 14.0 Å². The maximum atomic E-state index is 12.7. The second-order valence-corrected chi connectivity index (χ2v) is 6.06. The van der Waals surface area contributed by atoms with Crippen LogP contribution in [-0.2, 0) is 4.79 Å². The lowest BCUT2D eigenvalue weighted by Gasteiger charge is -2.35. The standard InChI is InChI=1S/C16H25N3O3.ClH/c1-11(2)14(18-15(20)13-5-4-10-22-13)16(21)19-8-6-12(17-3)7-9-19;/h4-5,10-12,14,17H,6-9H2,1-3H3,(H,18,20);1H. The summed E-state index contributed by atoms with van der Waals surface area (Å²) in [6.07, 6.45) is 3.34. The predicted octanol–water partition coefficient (Wildman–Crippen LogP) is 1.67. The molecule has 2 amide bonds. The SMILES string of the molecule is CNC1CCN(C(=O)C(NC(=O)c2ccco2)C(C)C)CC1.Cl. The van der Waals surface area contributed by atoms with Crippen LogP contribution in [0.25, 0.3) is 0 Å². The van der Waals surface area contributed by atoms with Crippen LogP contribution in [0, 0.1) is 5.92 Å². The average molecular weight is 344 g/mol. The quantitative estimate of drug-likeness (QED) is 0.852. The Morgan fingerprint density at radius 2 is 1.96 bits per heavy atom. The third-order valence-corrected chi connectivity index (χ3v) is 4.18. The van der Waals surface area contributed by atoms with Gasteiger partial charge in [0, 0.05) is 19.1 Å². The van der Waals surface area contributed by atoms with E-state index in [-0.39, 0.29) is 35.9 Å². The smallest absolute Gasteiger partial charge is 0.287 e. The van der Waals surface area contributed by atoms with Gasteiger partial charge >= 0.3 is 0 Å². The zero-order valence-corrected chi connectivity index (χ0v) is 14.7. The molecule has 0 spiro atoms. The second-order valence-electron chi connectivity index (χ2n) is 6.06. The number of hydrogen-bond acceptors (Lipinski definition) is 4.